The number of fused-ring (bicyclic) bond motifs is 3. The van der Waals surface area contributed by atoms with Crippen LogP contribution in [0.25, 0.3) is 21.9 Å². The monoisotopic (exact) mass is 426 g/mol. The first kappa shape index (κ1) is 20.1. The Kier molecular flexibility index (Phi) is 5.27. The van der Waals surface area contributed by atoms with Gasteiger partial charge in [0, 0.05) is 34.6 Å². The minimum Gasteiger partial charge on any atom is -0.456 e. The van der Waals surface area contributed by atoms with E-state index >= 15 is 0 Å². The SMILES string of the molecule is CS(=O)(=O)N(CC(=O)Nc1ccc2c(c1)oc1ccccc12)Cc1ccccc1F. The third kappa shape index (κ3) is 4.19. The molecule has 0 spiro atoms. The summed E-state index contributed by atoms with van der Waals surface area (Å²) in [6, 6.07) is 18.7. The molecule has 0 fully saturated rings. The van der Waals surface area contributed by atoms with Crippen molar-refractivity contribution in [1.29, 1.82) is 0 Å². The standard InChI is InChI=1S/C22H19FN2O4S/c1-30(27,28)25(13-15-6-2-4-8-19(15)23)14-22(26)24-16-10-11-18-17-7-3-5-9-20(17)29-21(18)12-16/h2-12H,13-14H2,1H3,(H,24,26). The summed E-state index contributed by atoms with van der Waals surface area (Å²) in [6.07, 6.45) is 0.988. The van der Waals surface area contributed by atoms with Gasteiger partial charge in [-0.1, -0.05) is 36.4 Å². The van der Waals surface area contributed by atoms with Crippen LogP contribution in [0, 0.1) is 5.82 Å². The number of nitrogens with one attached hydrogen (secondary N) is 1. The molecule has 0 atom stereocenters. The fraction of sp³-hybridized carbons (Fsp3) is 0.136. The number of hydrogen-bond acceptors (Lipinski definition) is 4. The molecule has 1 N–H and O–H groups in total. The highest BCUT2D eigenvalue weighted by molar-refractivity contribution is 7.88. The quantitative estimate of drug-likeness (QED) is 0.503. The number of para-hydroxylation sites is 1. The molecule has 0 aliphatic rings. The minimum absolute atomic E-state index is 0.194. The molecule has 1 amide bonds. The summed E-state index contributed by atoms with van der Waals surface area (Å²) in [5.41, 5.74) is 2.02. The molecule has 0 aliphatic heterocycles. The number of carbonyl (C=O) groups excluding carboxylic acids is 1. The van der Waals surface area contributed by atoms with Crippen LogP contribution < -0.4 is 5.32 Å². The Hall–Kier alpha value is -3.23. The van der Waals surface area contributed by atoms with Crippen molar-refractivity contribution < 1.29 is 22.0 Å². The van der Waals surface area contributed by atoms with Gasteiger partial charge in [-0.3, -0.25) is 4.79 Å². The first-order valence-corrected chi connectivity index (χ1v) is 11.1. The highest BCUT2D eigenvalue weighted by Crippen LogP contribution is 2.30. The van der Waals surface area contributed by atoms with E-state index in [1.165, 1.54) is 18.2 Å². The predicted octanol–water partition coefficient (Wildman–Crippen LogP) is 4.13. The molecule has 154 valence electrons. The van der Waals surface area contributed by atoms with E-state index in [2.05, 4.69) is 5.32 Å². The van der Waals surface area contributed by atoms with E-state index in [0.717, 1.165) is 26.9 Å². The van der Waals surface area contributed by atoms with Crippen molar-refractivity contribution in [1.82, 2.24) is 4.31 Å². The second-order valence-corrected chi connectivity index (χ2v) is 8.96. The molecule has 4 rings (SSSR count). The van der Waals surface area contributed by atoms with Gasteiger partial charge in [0.1, 0.15) is 17.0 Å². The summed E-state index contributed by atoms with van der Waals surface area (Å²) in [6.45, 7) is -0.674. The van der Waals surface area contributed by atoms with E-state index in [9.17, 15) is 17.6 Å². The highest BCUT2D eigenvalue weighted by atomic mass is 32.2. The lowest BCUT2D eigenvalue weighted by Gasteiger charge is -2.20. The van der Waals surface area contributed by atoms with Crippen LogP contribution in [-0.2, 0) is 21.4 Å². The minimum atomic E-state index is -3.73. The topological polar surface area (TPSA) is 79.6 Å². The summed E-state index contributed by atoms with van der Waals surface area (Å²) < 4.78 is 44.9. The fourth-order valence-corrected chi connectivity index (χ4v) is 4.00. The Balaban J connectivity index is 1.53. The number of halogens is 1. The van der Waals surface area contributed by atoms with Crippen molar-refractivity contribution in [2.45, 2.75) is 6.54 Å². The Labute approximate surface area is 173 Å². The van der Waals surface area contributed by atoms with Crippen molar-refractivity contribution in [3.63, 3.8) is 0 Å². The van der Waals surface area contributed by atoms with E-state index in [-0.39, 0.29) is 12.1 Å². The lowest BCUT2D eigenvalue weighted by atomic mass is 10.1. The fourth-order valence-electron chi connectivity index (χ4n) is 3.27. The Morgan fingerprint density at radius 1 is 1.00 bits per heavy atom. The molecule has 30 heavy (non-hydrogen) atoms. The highest BCUT2D eigenvalue weighted by Gasteiger charge is 2.22. The van der Waals surface area contributed by atoms with Crippen molar-refractivity contribution >= 4 is 43.6 Å². The molecular formula is C22H19FN2O4S. The van der Waals surface area contributed by atoms with Crippen molar-refractivity contribution in [2.75, 3.05) is 18.1 Å². The van der Waals surface area contributed by atoms with Gasteiger partial charge in [0.25, 0.3) is 0 Å². The van der Waals surface area contributed by atoms with Crippen LogP contribution in [0.3, 0.4) is 0 Å². The number of carbonyl (C=O) groups is 1. The molecule has 0 aliphatic carbocycles. The first-order valence-electron chi connectivity index (χ1n) is 9.21. The molecule has 0 bridgehead atoms. The number of sulfonamides is 1. The van der Waals surface area contributed by atoms with E-state index in [1.54, 1.807) is 18.2 Å². The van der Waals surface area contributed by atoms with Gasteiger partial charge < -0.3 is 9.73 Å². The van der Waals surface area contributed by atoms with Gasteiger partial charge in [-0.15, -0.1) is 0 Å². The number of rotatable bonds is 6. The largest absolute Gasteiger partial charge is 0.456 e. The number of furan rings is 1. The zero-order valence-corrected chi connectivity index (χ0v) is 16.9. The van der Waals surface area contributed by atoms with Gasteiger partial charge in [-0.2, -0.15) is 4.31 Å². The van der Waals surface area contributed by atoms with Crippen LogP contribution >= 0.6 is 0 Å². The van der Waals surface area contributed by atoms with Crippen molar-refractivity contribution in [2.24, 2.45) is 0 Å². The zero-order valence-electron chi connectivity index (χ0n) is 16.1. The third-order valence-electron chi connectivity index (χ3n) is 4.76. The number of hydrogen-bond donors (Lipinski definition) is 1. The number of benzene rings is 3. The molecule has 0 saturated heterocycles. The van der Waals surface area contributed by atoms with Crippen LogP contribution in [0.1, 0.15) is 5.56 Å². The van der Waals surface area contributed by atoms with Gasteiger partial charge in [0.15, 0.2) is 0 Å². The number of anilines is 1. The molecule has 3 aromatic carbocycles. The van der Waals surface area contributed by atoms with Crippen LogP contribution in [0.2, 0.25) is 0 Å². The van der Waals surface area contributed by atoms with E-state index < -0.39 is 28.3 Å². The Morgan fingerprint density at radius 3 is 2.47 bits per heavy atom. The number of amides is 1. The summed E-state index contributed by atoms with van der Waals surface area (Å²) in [5.74, 6) is -1.06. The maximum Gasteiger partial charge on any atom is 0.239 e. The average molecular weight is 426 g/mol. The Morgan fingerprint density at radius 2 is 1.70 bits per heavy atom. The van der Waals surface area contributed by atoms with E-state index in [0.29, 0.717) is 11.3 Å². The normalized spacial score (nSPS) is 12.0. The summed E-state index contributed by atoms with van der Waals surface area (Å²) in [4.78, 5) is 12.5. The molecular weight excluding hydrogens is 407 g/mol. The van der Waals surface area contributed by atoms with Crippen LogP contribution in [-0.4, -0.2) is 31.4 Å². The first-order chi connectivity index (χ1) is 14.3. The molecule has 4 aromatic rings. The summed E-state index contributed by atoms with van der Waals surface area (Å²) in [5, 5.41) is 4.57. The van der Waals surface area contributed by atoms with Crippen LogP contribution in [0.15, 0.2) is 71.1 Å². The molecule has 6 nitrogen and oxygen atoms in total. The maximum atomic E-state index is 13.9. The zero-order chi connectivity index (χ0) is 21.3. The number of nitrogens with zero attached hydrogens (tertiary/aromatic N) is 1. The maximum absolute atomic E-state index is 13.9. The third-order valence-corrected chi connectivity index (χ3v) is 5.95. The molecule has 1 heterocycles. The summed E-state index contributed by atoms with van der Waals surface area (Å²) in [7, 11) is -3.73. The lowest BCUT2D eigenvalue weighted by molar-refractivity contribution is -0.116. The van der Waals surface area contributed by atoms with Crippen molar-refractivity contribution in [3.05, 3.63) is 78.1 Å². The van der Waals surface area contributed by atoms with E-state index in [4.69, 9.17) is 4.42 Å². The summed E-state index contributed by atoms with van der Waals surface area (Å²) >= 11 is 0. The van der Waals surface area contributed by atoms with Gasteiger partial charge in [-0.25, -0.2) is 12.8 Å². The molecule has 8 heteroatoms. The van der Waals surface area contributed by atoms with Gasteiger partial charge in [-0.05, 0) is 24.3 Å². The molecule has 0 radical (unpaired) electrons. The average Bonchev–Trinajstić information content (AvgIpc) is 3.06. The molecule has 0 unspecified atom stereocenters. The van der Waals surface area contributed by atoms with Crippen molar-refractivity contribution in [3.8, 4) is 0 Å². The van der Waals surface area contributed by atoms with Crippen LogP contribution in [0.5, 0.6) is 0 Å². The van der Waals surface area contributed by atoms with Crippen LogP contribution in [0.4, 0.5) is 10.1 Å². The Bertz CT molecular complexity index is 1350. The smallest absolute Gasteiger partial charge is 0.239 e. The predicted molar refractivity (Wildman–Crippen MR) is 114 cm³/mol. The van der Waals surface area contributed by atoms with Gasteiger partial charge in [0.05, 0.1) is 12.8 Å². The lowest BCUT2D eigenvalue weighted by Crippen LogP contribution is -2.37. The molecule has 1 aromatic heterocycles. The molecule has 0 saturated carbocycles. The van der Waals surface area contributed by atoms with E-state index in [1.807, 2.05) is 30.3 Å². The second kappa shape index (κ2) is 7.89. The second-order valence-electron chi connectivity index (χ2n) is 6.98. The van der Waals surface area contributed by atoms with Gasteiger partial charge in [0.2, 0.25) is 15.9 Å². The van der Waals surface area contributed by atoms with Gasteiger partial charge >= 0.3 is 0 Å².